The number of aromatic nitrogens is 1. The summed E-state index contributed by atoms with van der Waals surface area (Å²) in [5, 5.41) is 3.58. The topological polar surface area (TPSA) is 69.4 Å². The van der Waals surface area contributed by atoms with Gasteiger partial charge in [0.05, 0.1) is 30.6 Å². The lowest BCUT2D eigenvalue weighted by Gasteiger charge is -2.13. The highest BCUT2D eigenvalue weighted by atomic mass is 35.5. The van der Waals surface area contributed by atoms with Crippen LogP contribution in [-0.2, 0) is 0 Å². The number of rotatable bonds is 5. The largest absolute Gasteiger partial charge is 0.495 e. The van der Waals surface area contributed by atoms with Crippen molar-refractivity contribution in [2.24, 2.45) is 5.73 Å². The number of ether oxygens (including phenoxy) is 2. The first-order valence-corrected chi connectivity index (χ1v) is 6.79. The number of pyridine rings is 1. The van der Waals surface area contributed by atoms with E-state index in [1.54, 1.807) is 44.6 Å². The fourth-order valence-corrected chi connectivity index (χ4v) is 2.09. The van der Waals surface area contributed by atoms with Crippen molar-refractivity contribution >= 4 is 40.3 Å². The summed E-state index contributed by atoms with van der Waals surface area (Å²) in [5.41, 5.74) is 6.77. The van der Waals surface area contributed by atoms with E-state index in [2.05, 4.69) is 10.3 Å². The number of methoxy groups -OCH3 is 2. The van der Waals surface area contributed by atoms with Gasteiger partial charge in [-0.3, -0.25) is 0 Å². The Kier molecular flexibility index (Phi) is 4.82. The summed E-state index contributed by atoms with van der Waals surface area (Å²) in [4.78, 5) is 4.54. The van der Waals surface area contributed by atoms with Gasteiger partial charge in [-0.2, -0.15) is 0 Å². The van der Waals surface area contributed by atoms with Gasteiger partial charge in [0.15, 0.2) is 0 Å². The summed E-state index contributed by atoms with van der Waals surface area (Å²) < 4.78 is 10.5. The third kappa shape index (κ3) is 3.53. The molecule has 0 spiro atoms. The molecule has 0 aliphatic rings. The van der Waals surface area contributed by atoms with Crippen LogP contribution in [0.2, 0.25) is 5.02 Å². The Morgan fingerprint density at radius 1 is 1.24 bits per heavy atom. The first-order chi connectivity index (χ1) is 10.0. The normalized spacial score (nSPS) is 10.0. The molecule has 1 aromatic heterocycles. The average molecular weight is 324 g/mol. The van der Waals surface area contributed by atoms with Crippen molar-refractivity contribution < 1.29 is 9.47 Å². The fraction of sp³-hybridized carbons (Fsp3) is 0.143. The van der Waals surface area contributed by atoms with Gasteiger partial charge in [-0.25, -0.2) is 4.98 Å². The van der Waals surface area contributed by atoms with E-state index >= 15 is 0 Å². The number of nitrogens with two attached hydrogens (primary N) is 1. The molecule has 0 radical (unpaired) electrons. The maximum Gasteiger partial charge on any atom is 0.146 e. The predicted molar refractivity (Wildman–Crippen MR) is 88.0 cm³/mol. The summed E-state index contributed by atoms with van der Waals surface area (Å²) in [6.07, 6.45) is 0. The third-order valence-corrected chi connectivity index (χ3v) is 3.24. The second-order valence-electron chi connectivity index (χ2n) is 4.08. The smallest absolute Gasteiger partial charge is 0.146 e. The number of halogens is 1. The molecule has 7 heteroatoms. The molecule has 0 aliphatic carbocycles. The minimum Gasteiger partial charge on any atom is -0.495 e. The Hall–Kier alpha value is -2.05. The van der Waals surface area contributed by atoms with Crippen LogP contribution in [0.1, 0.15) is 5.69 Å². The molecule has 1 aromatic carbocycles. The van der Waals surface area contributed by atoms with Gasteiger partial charge in [0.2, 0.25) is 0 Å². The summed E-state index contributed by atoms with van der Waals surface area (Å²) in [7, 11) is 3.10. The van der Waals surface area contributed by atoms with Crippen molar-refractivity contribution in [1.29, 1.82) is 0 Å². The molecule has 1 heterocycles. The standard InChI is InChI=1S/C14H14ClN3O2S/c1-19-11-7-12(20-2)10(6-8(11)15)18-13-5-3-4-9(17-13)14(16)21/h3-7H,1-2H3,(H2,16,21)(H,17,18). The van der Waals surface area contributed by atoms with Crippen LogP contribution < -0.4 is 20.5 Å². The molecular weight excluding hydrogens is 310 g/mol. The van der Waals surface area contributed by atoms with Crippen molar-refractivity contribution in [2.75, 3.05) is 19.5 Å². The molecule has 21 heavy (non-hydrogen) atoms. The van der Waals surface area contributed by atoms with Crippen LogP contribution in [0.5, 0.6) is 11.5 Å². The van der Waals surface area contributed by atoms with Crippen molar-refractivity contribution in [1.82, 2.24) is 4.98 Å². The Labute approximate surface area is 133 Å². The molecule has 0 unspecified atom stereocenters. The van der Waals surface area contributed by atoms with Crippen LogP contribution in [0.15, 0.2) is 30.3 Å². The second-order valence-corrected chi connectivity index (χ2v) is 4.93. The predicted octanol–water partition coefficient (Wildman–Crippen LogP) is 3.13. The van der Waals surface area contributed by atoms with E-state index in [4.69, 9.17) is 39.0 Å². The lowest BCUT2D eigenvalue weighted by molar-refractivity contribution is 0.396. The maximum atomic E-state index is 6.12. The Balaban J connectivity index is 2.37. The molecule has 0 fully saturated rings. The van der Waals surface area contributed by atoms with Gasteiger partial charge in [-0.1, -0.05) is 29.9 Å². The quantitative estimate of drug-likeness (QED) is 0.824. The molecule has 0 bridgehead atoms. The highest BCUT2D eigenvalue weighted by Crippen LogP contribution is 2.37. The van der Waals surface area contributed by atoms with Gasteiger partial charge in [-0.15, -0.1) is 0 Å². The number of nitrogens with zero attached hydrogens (tertiary/aromatic N) is 1. The molecule has 0 saturated carbocycles. The van der Waals surface area contributed by atoms with Crippen molar-refractivity contribution in [3.63, 3.8) is 0 Å². The highest BCUT2D eigenvalue weighted by molar-refractivity contribution is 7.80. The number of hydrogen-bond acceptors (Lipinski definition) is 5. The Morgan fingerprint density at radius 2 is 1.95 bits per heavy atom. The number of benzene rings is 1. The van der Waals surface area contributed by atoms with Crippen LogP contribution in [0.3, 0.4) is 0 Å². The molecule has 0 amide bonds. The van der Waals surface area contributed by atoms with Crippen molar-refractivity contribution in [2.45, 2.75) is 0 Å². The van der Waals surface area contributed by atoms with Crippen LogP contribution in [0, 0.1) is 0 Å². The first kappa shape index (κ1) is 15.3. The second kappa shape index (κ2) is 6.60. The molecular formula is C14H14ClN3O2S. The van der Waals surface area contributed by atoms with E-state index < -0.39 is 0 Å². The Bertz CT molecular complexity index is 679. The zero-order valence-electron chi connectivity index (χ0n) is 11.5. The molecule has 110 valence electrons. The molecule has 0 aliphatic heterocycles. The number of nitrogens with one attached hydrogen (secondary N) is 1. The molecule has 3 N–H and O–H groups in total. The van der Waals surface area contributed by atoms with Crippen LogP contribution in [0.25, 0.3) is 0 Å². The lowest BCUT2D eigenvalue weighted by Crippen LogP contribution is -2.12. The van der Waals surface area contributed by atoms with Gasteiger partial charge in [0, 0.05) is 6.07 Å². The Morgan fingerprint density at radius 3 is 2.57 bits per heavy atom. The third-order valence-electron chi connectivity index (χ3n) is 2.74. The summed E-state index contributed by atoms with van der Waals surface area (Å²) >= 11 is 11.0. The molecule has 5 nitrogen and oxygen atoms in total. The monoisotopic (exact) mass is 323 g/mol. The maximum absolute atomic E-state index is 6.12. The van der Waals surface area contributed by atoms with E-state index in [1.807, 2.05) is 0 Å². The zero-order valence-corrected chi connectivity index (χ0v) is 13.1. The van der Waals surface area contributed by atoms with E-state index in [0.29, 0.717) is 33.7 Å². The number of hydrogen-bond donors (Lipinski definition) is 2. The fourth-order valence-electron chi connectivity index (χ4n) is 1.74. The summed E-state index contributed by atoms with van der Waals surface area (Å²) in [5.74, 6) is 1.70. The van der Waals surface area contributed by atoms with Gasteiger partial charge >= 0.3 is 0 Å². The van der Waals surface area contributed by atoms with E-state index in [1.165, 1.54) is 0 Å². The van der Waals surface area contributed by atoms with Crippen LogP contribution in [-0.4, -0.2) is 24.2 Å². The minimum atomic E-state index is 0.235. The molecule has 2 aromatic rings. The highest BCUT2D eigenvalue weighted by Gasteiger charge is 2.11. The minimum absolute atomic E-state index is 0.235. The van der Waals surface area contributed by atoms with Crippen LogP contribution >= 0.6 is 23.8 Å². The van der Waals surface area contributed by atoms with E-state index in [9.17, 15) is 0 Å². The number of thiocarbonyl (C=S) groups is 1. The van der Waals surface area contributed by atoms with Crippen molar-refractivity contribution in [3.8, 4) is 11.5 Å². The van der Waals surface area contributed by atoms with Crippen LogP contribution in [0.4, 0.5) is 11.5 Å². The average Bonchev–Trinajstić information content (AvgIpc) is 2.48. The van der Waals surface area contributed by atoms with Gasteiger partial charge in [0.25, 0.3) is 0 Å². The van der Waals surface area contributed by atoms with Crippen molar-refractivity contribution in [3.05, 3.63) is 41.0 Å². The molecule has 0 saturated heterocycles. The van der Waals surface area contributed by atoms with Gasteiger partial charge in [-0.05, 0) is 18.2 Å². The lowest BCUT2D eigenvalue weighted by atomic mass is 10.2. The van der Waals surface area contributed by atoms with E-state index in [0.717, 1.165) is 0 Å². The zero-order chi connectivity index (χ0) is 15.4. The number of anilines is 2. The van der Waals surface area contributed by atoms with E-state index in [-0.39, 0.29) is 4.99 Å². The SMILES string of the molecule is COc1cc(OC)c(Nc2cccc(C(N)=S)n2)cc1Cl. The van der Waals surface area contributed by atoms with Gasteiger partial charge in [0.1, 0.15) is 22.3 Å². The molecule has 0 atom stereocenters. The van der Waals surface area contributed by atoms with Gasteiger partial charge < -0.3 is 20.5 Å². The molecule has 2 rings (SSSR count). The summed E-state index contributed by atoms with van der Waals surface area (Å²) in [6, 6.07) is 8.74. The first-order valence-electron chi connectivity index (χ1n) is 6.00. The summed E-state index contributed by atoms with van der Waals surface area (Å²) in [6.45, 7) is 0.